The van der Waals surface area contributed by atoms with Gasteiger partial charge in [-0.15, -0.1) is 5.10 Å². The Kier molecular flexibility index (Phi) is 3.74. The molecule has 0 aliphatic heterocycles. The standard InChI is InChI=1S/C14H16N6O/c1-2-15-7-10-8-20(19-18-10)9-13-14(21)17-12-6-4-3-5-11(12)16-13/h3-6,8,15H,2,7,9H2,1H3,(H,17,21). The Morgan fingerprint density at radius 2 is 2.19 bits per heavy atom. The van der Waals surface area contributed by atoms with Crippen LogP contribution in [0.1, 0.15) is 18.3 Å². The maximum absolute atomic E-state index is 12.0. The lowest BCUT2D eigenvalue weighted by Gasteiger charge is -2.02. The van der Waals surface area contributed by atoms with E-state index in [2.05, 4.69) is 25.6 Å². The van der Waals surface area contributed by atoms with E-state index in [0.29, 0.717) is 18.8 Å². The first-order valence-corrected chi connectivity index (χ1v) is 6.84. The van der Waals surface area contributed by atoms with E-state index >= 15 is 0 Å². The van der Waals surface area contributed by atoms with Crippen LogP contribution in [0, 0.1) is 0 Å². The molecule has 0 bridgehead atoms. The molecule has 1 aromatic carbocycles. The maximum Gasteiger partial charge on any atom is 0.272 e. The lowest BCUT2D eigenvalue weighted by atomic mass is 10.3. The third-order valence-electron chi connectivity index (χ3n) is 3.12. The van der Waals surface area contributed by atoms with Crippen molar-refractivity contribution in [2.24, 2.45) is 0 Å². The SMILES string of the molecule is CCNCc1cn(Cc2nc3ccccc3[nH]c2=O)nn1. The molecule has 7 heteroatoms. The largest absolute Gasteiger partial charge is 0.319 e. The highest BCUT2D eigenvalue weighted by molar-refractivity contribution is 5.73. The van der Waals surface area contributed by atoms with Crippen molar-refractivity contribution in [3.8, 4) is 0 Å². The third kappa shape index (κ3) is 2.97. The van der Waals surface area contributed by atoms with Gasteiger partial charge in [-0.1, -0.05) is 24.3 Å². The molecule has 0 aliphatic rings. The summed E-state index contributed by atoms with van der Waals surface area (Å²) < 4.78 is 1.62. The fourth-order valence-electron chi connectivity index (χ4n) is 2.08. The van der Waals surface area contributed by atoms with Crippen LogP contribution in [0.5, 0.6) is 0 Å². The van der Waals surface area contributed by atoms with Crippen LogP contribution in [0.15, 0.2) is 35.3 Å². The maximum atomic E-state index is 12.0. The predicted molar refractivity (Wildman–Crippen MR) is 78.9 cm³/mol. The number of aromatic nitrogens is 5. The topological polar surface area (TPSA) is 88.5 Å². The van der Waals surface area contributed by atoms with Crippen LogP contribution >= 0.6 is 0 Å². The molecule has 0 fully saturated rings. The van der Waals surface area contributed by atoms with Crippen LogP contribution in [0.4, 0.5) is 0 Å². The van der Waals surface area contributed by atoms with Crippen LogP contribution in [0.2, 0.25) is 0 Å². The zero-order chi connectivity index (χ0) is 14.7. The lowest BCUT2D eigenvalue weighted by molar-refractivity contribution is 0.633. The summed E-state index contributed by atoms with van der Waals surface area (Å²) in [7, 11) is 0. The number of nitrogens with zero attached hydrogens (tertiary/aromatic N) is 4. The second-order valence-electron chi connectivity index (χ2n) is 4.72. The summed E-state index contributed by atoms with van der Waals surface area (Å²) in [6, 6.07) is 7.45. The van der Waals surface area contributed by atoms with Gasteiger partial charge in [-0.2, -0.15) is 0 Å². The van der Waals surface area contributed by atoms with Crippen LogP contribution in [0.25, 0.3) is 11.0 Å². The number of benzene rings is 1. The molecule has 21 heavy (non-hydrogen) atoms. The van der Waals surface area contributed by atoms with Crippen molar-refractivity contribution in [2.75, 3.05) is 6.54 Å². The van der Waals surface area contributed by atoms with E-state index in [-0.39, 0.29) is 5.56 Å². The zero-order valence-corrected chi connectivity index (χ0v) is 11.7. The number of hydrogen-bond acceptors (Lipinski definition) is 5. The summed E-state index contributed by atoms with van der Waals surface area (Å²) in [5, 5.41) is 11.2. The van der Waals surface area contributed by atoms with Crippen molar-refractivity contribution in [1.82, 2.24) is 30.3 Å². The molecular weight excluding hydrogens is 268 g/mol. The summed E-state index contributed by atoms with van der Waals surface area (Å²) in [5.74, 6) is 0. The molecule has 0 atom stereocenters. The van der Waals surface area contributed by atoms with E-state index in [9.17, 15) is 4.79 Å². The molecule has 108 valence electrons. The van der Waals surface area contributed by atoms with Crippen molar-refractivity contribution >= 4 is 11.0 Å². The van der Waals surface area contributed by atoms with Crippen molar-refractivity contribution in [3.05, 3.63) is 52.2 Å². The first-order chi connectivity index (χ1) is 10.3. The average molecular weight is 284 g/mol. The van der Waals surface area contributed by atoms with Crippen LogP contribution in [-0.4, -0.2) is 31.5 Å². The molecule has 2 heterocycles. The zero-order valence-electron chi connectivity index (χ0n) is 11.7. The molecule has 0 amide bonds. The molecule has 0 unspecified atom stereocenters. The predicted octanol–water partition coefficient (Wildman–Crippen LogP) is 0.672. The number of fused-ring (bicyclic) bond motifs is 1. The van der Waals surface area contributed by atoms with E-state index in [1.165, 1.54) is 0 Å². The number of nitrogens with one attached hydrogen (secondary N) is 2. The first-order valence-electron chi connectivity index (χ1n) is 6.84. The number of H-pyrrole nitrogens is 1. The molecule has 3 rings (SSSR count). The minimum absolute atomic E-state index is 0.197. The Morgan fingerprint density at radius 3 is 3.05 bits per heavy atom. The molecule has 0 radical (unpaired) electrons. The van der Waals surface area contributed by atoms with Gasteiger partial charge in [-0.25, -0.2) is 9.67 Å². The summed E-state index contributed by atoms with van der Waals surface area (Å²) in [5.41, 5.74) is 2.57. The Hall–Kier alpha value is -2.54. The summed E-state index contributed by atoms with van der Waals surface area (Å²) in [4.78, 5) is 19.2. The van der Waals surface area contributed by atoms with E-state index in [0.717, 1.165) is 23.3 Å². The second kappa shape index (κ2) is 5.84. The Bertz CT molecular complexity index is 806. The Labute approximate surface area is 121 Å². The molecule has 2 N–H and O–H groups in total. The highest BCUT2D eigenvalue weighted by Crippen LogP contribution is 2.06. The van der Waals surface area contributed by atoms with Gasteiger partial charge in [-0.05, 0) is 18.7 Å². The monoisotopic (exact) mass is 284 g/mol. The van der Waals surface area contributed by atoms with Gasteiger partial charge in [0.1, 0.15) is 5.69 Å². The van der Waals surface area contributed by atoms with Gasteiger partial charge < -0.3 is 10.3 Å². The van der Waals surface area contributed by atoms with E-state index in [1.54, 1.807) is 4.68 Å². The fourth-order valence-corrected chi connectivity index (χ4v) is 2.08. The highest BCUT2D eigenvalue weighted by Gasteiger charge is 2.07. The molecule has 0 spiro atoms. The Morgan fingerprint density at radius 1 is 1.33 bits per heavy atom. The van der Waals surface area contributed by atoms with Gasteiger partial charge in [0, 0.05) is 6.54 Å². The Balaban J connectivity index is 1.85. The molecule has 7 nitrogen and oxygen atoms in total. The number of hydrogen-bond donors (Lipinski definition) is 2. The van der Waals surface area contributed by atoms with E-state index in [1.807, 2.05) is 37.4 Å². The van der Waals surface area contributed by atoms with E-state index in [4.69, 9.17) is 0 Å². The molecule has 0 saturated carbocycles. The molecule has 3 aromatic rings. The van der Waals surface area contributed by atoms with Crippen molar-refractivity contribution in [3.63, 3.8) is 0 Å². The van der Waals surface area contributed by atoms with Crippen molar-refractivity contribution in [2.45, 2.75) is 20.0 Å². The number of aromatic amines is 1. The average Bonchev–Trinajstić information content (AvgIpc) is 2.93. The smallest absolute Gasteiger partial charge is 0.272 e. The van der Waals surface area contributed by atoms with Crippen LogP contribution < -0.4 is 10.9 Å². The van der Waals surface area contributed by atoms with Gasteiger partial charge in [-0.3, -0.25) is 4.79 Å². The normalized spacial score (nSPS) is 11.1. The van der Waals surface area contributed by atoms with E-state index < -0.39 is 0 Å². The highest BCUT2D eigenvalue weighted by atomic mass is 16.1. The number of para-hydroxylation sites is 2. The van der Waals surface area contributed by atoms with Gasteiger partial charge >= 0.3 is 0 Å². The van der Waals surface area contributed by atoms with Crippen molar-refractivity contribution in [1.29, 1.82) is 0 Å². The minimum atomic E-state index is -0.197. The fraction of sp³-hybridized carbons (Fsp3) is 0.286. The quantitative estimate of drug-likeness (QED) is 0.719. The lowest BCUT2D eigenvalue weighted by Crippen LogP contribution is -2.18. The summed E-state index contributed by atoms with van der Waals surface area (Å²) >= 11 is 0. The molecule has 0 aliphatic carbocycles. The third-order valence-corrected chi connectivity index (χ3v) is 3.12. The van der Waals surface area contributed by atoms with Gasteiger partial charge in [0.2, 0.25) is 0 Å². The summed E-state index contributed by atoms with van der Waals surface area (Å²) in [6.45, 7) is 3.87. The van der Waals surface area contributed by atoms with Gasteiger partial charge in [0.25, 0.3) is 5.56 Å². The number of rotatable bonds is 5. The summed E-state index contributed by atoms with van der Waals surface area (Å²) in [6.07, 6.45) is 1.82. The van der Waals surface area contributed by atoms with Crippen molar-refractivity contribution < 1.29 is 0 Å². The van der Waals surface area contributed by atoms with Gasteiger partial charge in [0.05, 0.1) is 29.5 Å². The molecule has 0 saturated heterocycles. The van der Waals surface area contributed by atoms with Crippen LogP contribution in [-0.2, 0) is 13.1 Å². The van der Waals surface area contributed by atoms with Gasteiger partial charge in [0.15, 0.2) is 0 Å². The van der Waals surface area contributed by atoms with Crippen LogP contribution in [0.3, 0.4) is 0 Å². The first kappa shape index (κ1) is 13.4. The minimum Gasteiger partial charge on any atom is -0.319 e. The molecule has 2 aromatic heterocycles. The molecular formula is C14H16N6O. The second-order valence-corrected chi connectivity index (χ2v) is 4.72.